The fraction of sp³-hybridized carbons (Fsp3) is 0.800. The van der Waals surface area contributed by atoms with E-state index in [0.29, 0.717) is 6.42 Å². The summed E-state index contributed by atoms with van der Waals surface area (Å²) in [6.07, 6.45) is 10.7. The molecule has 0 aromatic carbocycles. The van der Waals surface area contributed by atoms with Crippen molar-refractivity contribution in [3.05, 3.63) is 12.2 Å². The largest absolute Gasteiger partial charge is 0.481 e. The molecule has 1 aliphatic carbocycles. The molecule has 3 N–H and O–H groups in total. The van der Waals surface area contributed by atoms with E-state index >= 15 is 0 Å². The molecule has 0 aromatic rings. The molecule has 1 saturated carbocycles. The number of hydrogen-bond acceptors (Lipinski definition) is 4. The summed E-state index contributed by atoms with van der Waals surface area (Å²) in [6, 6.07) is 0. The van der Waals surface area contributed by atoms with Crippen molar-refractivity contribution in [2.45, 2.75) is 89.8 Å². The van der Waals surface area contributed by atoms with E-state index in [1.807, 2.05) is 6.08 Å². The van der Waals surface area contributed by atoms with E-state index in [4.69, 9.17) is 5.11 Å². The first-order chi connectivity index (χ1) is 12.0. The molecule has 1 rings (SSSR count). The fourth-order valence-corrected chi connectivity index (χ4v) is 3.54. The Balaban J connectivity index is 2.39. The maximum absolute atomic E-state index is 12.1. The molecule has 0 amide bonds. The van der Waals surface area contributed by atoms with Gasteiger partial charge in [0.25, 0.3) is 0 Å². The molecule has 0 bridgehead atoms. The van der Waals surface area contributed by atoms with Crippen molar-refractivity contribution < 1.29 is 24.9 Å². The van der Waals surface area contributed by atoms with Crippen LogP contribution < -0.4 is 0 Å². The van der Waals surface area contributed by atoms with Crippen LogP contribution in [0.3, 0.4) is 0 Å². The van der Waals surface area contributed by atoms with Crippen LogP contribution in [0.2, 0.25) is 0 Å². The Kier molecular flexibility index (Phi) is 10.7. The zero-order chi connectivity index (χ0) is 18.7. The molecule has 25 heavy (non-hydrogen) atoms. The van der Waals surface area contributed by atoms with Crippen LogP contribution in [-0.2, 0) is 9.59 Å². The molecule has 0 aromatic heterocycles. The molecule has 5 nitrogen and oxygen atoms in total. The summed E-state index contributed by atoms with van der Waals surface area (Å²) in [5.41, 5.74) is 0. The van der Waals surface area contributed by atoms with Gasteiger partial charge in [-0.2, -0.15) is 0 Å². The smallest absolute Gasteiger partial charge is 0.303 e. The van der Waals surface area contributed by atoms with Crippen molar-refractivity contribution in [1.82, 2.24) is 0 Å². The molecular weight excluding hydrogens is 320 g/mol. The van der Waals surface area contributed by atoms with Gasteiger partial charge in [0, 0.05) is 24.7 Å². The zero-order valence-corrected chi connectivity index (χ0v) is 15.4. The highest BCUT2D eigenvalue weighted by Crippen LogP contribution is 2.34. The summed E-state index contributed by atoms with van der Waals surface area (Å²) in [4.78, 5) is 22.6. The molecule has 0 aliphatic heterocycles. The van der Waals surface area contributed by atoms with Crippen molar-refractivity contribution in [2.24, 2.45) is 11.8 Å². The molecule has 0 saturated heterocycles. The molecule has 0 unspecified atom stereocenters. The van der Waals surface area contributed by atoms with Gasteiger partial charge in [-0.05, 0) is 19.3 Å². The number of Topliss-reactive ketones (excluding diaryl/α,β-unsaturated/α-hetero) is 1. The van der Waals surface area contributed by atoms with Crippen LogP contribution in [0.25, 0.3) is 0 Å². The molecule has 5 heteroatoms. The van der Waals surface area contributed by atoms with Gasteiger partial charge in [0.2, 0.25) is 0 Å². The molecule has 1 aliphatic rings. The maximum atomic E-state index is 12.1. The van der Waals surface area contributed by atoms with Gasteiger partial charge >= 0.3 is 5.97 Å². The minimum absolute atomic E-state index is 0.105. The van der Waals surface area contributed by atoms with Gasteiger partial charge in [0.15, 0.2) is 0 Å². The summed E-state index contributed by atoms with van der Waals surface area (Å²) in [5.74, 6) is -1.04. The second-order valence-electron chi connectivity index (χ2n) is 7.22. The third-order valence-electron chi connectivity index (χ3n) is 5.05. The number of aliphatic hydroxyl groups excluding tert-OH is 2. The second kappa shape index (κ2) is 12.2. The molecule has 144 valence electrons. The Labute approximate surface area is 151 Å². The van der Waals surface area contributed by atoms with Crippen molar-refractivity contribution in [2.75, 3.05) is 0 Å². The minimum atomic E-state index is -0.767. The van der Waals surface area contributed by atoms with E-state index < -0.39 is 18.2 Å². The van der Waals surface area contributed by atoms with E-state index in [0.717, 1.165) is 51.4 Å². The zero-order valence-electron chi connectivity index (χ0n) is 15.4. The van der Waals surface area contributed by atoms with Crippen LogP contribution in [0.1, 0.15) is 77.6 Å². The Morgan fingerprint density at radius 2 is 1.92 bits per heavy atom. The third kappa shape index (κ3) is 8.63. The first kappa shape index (κ1) is 21.8. The van der Waals surface area contributed by atoms with Crippen molar-refractivity contribution in [3.63, 3.8) is 0 Å². The number of unbranched alkanes of at least 4 members (excludes halogenated alkanes) is 5. The van der Waals surface area contributed by atoms with Crippen molar-refractivity contribution in [1.29, 1.82) is 0 Å². The standard InChI is InChI=1S/C20H34O5/c1-2-3-6-9-15(21)12-13-17-16(18(22)14-19(17)23)10-7-4-5-8-11-20(24)25/h12-13,15-17,19,21,23H,2-11,14H2,1H3,(H,24,25)/b13-12+/t15-,16+,17+,19-/m0/s1. The highest BCUT2D eigenvalue weighted by molar-refractivity contribution is 5.84. The monoisotopic (exact) mass is 354 g/mol. The van der Waals surface area contributed by atoms with E-state index in [1.165, 1.54) is 0 Å². The lowest BCUT2D eigenvalue weighted by Gasteiger charge is -2.18. The second-order valence-corrected chi connectivity index (χ2v) is 7.22. The van der Waals surface area contributed by atoms with Crippen LogP contribution in [0.15, 0.2) is 12.2 Å². The third-order valence-corrected chi connectivity index (χ3v) is 5.05. The fourth-order valence-electron chi connectivity index (χ4n) is 3.54. The SMILES string of the molecule is CCCCC[C@H](O)/C=C/[C@H]1[C@@H](O)CC(=O)[C@@H]1CCCCCCC(=O)O. The van der Waals surface area contributed by atoms with Crippen LogP contribution in [0, 0.1) is 11.8 Å². The summed E-state index contributed by atoms with van der Waals surface area (Å²) in [5, 5.41) is 28.7. The van der Waals surface area contributed by atoms with E-state index in [9.17, 15) is 19.8 Å². The first-order valence-electron chi connectivity index (χ1n) is 9.74. The van der Waals surface area contributed by atoms with Gasteiger partial charge in [0.05, 0.1) is 12.2 Å². The highest BCUT2D eigenvalue weighted by atomic mass is 16.4. The number of hydrogen-bond donors (Lipinski definition) is 3. The topological polar surface area (TPSA) is 94.8 Å². The van der Waals surface area contributed by atoms with E-state index in [-0.39, 0.29) is 30.5 Å². The molecule has 0 radical (unpaired) electrons. The van der Waals surface area contributed by atoms with Gasteiger partial charge in [-0.25, -0.2) is 0 Å². The quantitative estimate of drug-likeness (QED) is 0.348. The molecule has 0 spiro atoms. The highest BCUT2D eigenvalue weighted by Gasteiger charge is 2.39. The Hall–Kier alpha value is -1.20. The lowest BCUT2D eigenvalue weighted by molar-refractivity contribution is -0.137. The average molecular weight is 354 g/mol. The molecular formula is C20H34O5. The van der Waals surface area contributed by atoms with Crippen molar-refractivity contribution >= 4 is 11.8 Å². The van der Waals surface area contributed by atoms with Crippen LogP contribution in [0.4, 0.5) is 0 Å². The summed E-state index contributed by atoms with van der Waals surface area (Å²) in [6.45, 7) is 2.12. The lowest BCUT2D eigenvalue weighted by atomic mass is 9.88. The number of carboxylic acids is 1. The minimum Gasteiger partial charge on any atom is -0.481 e. The number of aliphatic carboxylic acids is 1. The summed E-state index contributed by atoms with van der Waals surface area (Å²) >= 11 is 0. The molecule has 1 fully saturated rings. The van der Waals surface area contributed by atoms with Gasteiger partial charge in [-0.1, -0.05) is 57.6 Å². The number of aliphatic hydroxyl groups is 2. The number of rotatable bonds is 13. The lowest BCUT2D eigenvalue weighted by Crippen LogP contribution is -2.19. The Bertz CT molecular complexity index is 432. The Morgan fingerprint density at radius 1 is 1.20 bits per heavy atom. The number of ketones is 1. The van der Waals surface area contributed by atoms with Gasteiger partial charge in [0.1, 0.15) is 5.78 Å². The van der Waals surface area contributed by atoms with Crippen LogP contribution in [-0.4, -0.2) is 39.3 Å². The predicted molar refractivity (Wildman–Crippen MR) is 97.2 cm³/mol. The molecule has 0 heterocycles. The predicted octanol–water partition coefficient (Wildman–Crippen LogP) is 3.48. The summed E-state index contributed by atoms with van der Waals surface area (Å²) < 4.78 is 0. The van der Waals surface area contributed by atoms with E-state index in [1.54, 1.807) is 6.08 Å². The molecule has 4 atom stereocenters. The van der Waals surface area contributed by atoms with Crippen molar-refractivity contribution in [3.8, 4) is 0 Å². The van der Waals surface area contributed by atoms with Crippen LogP contribution in [0.5, 0.6) is 0 Å². The van der Waals surface area contributed by atoms with E-state index in [2.05, 4.69) is 6.92 Å². The summed E-state index contributed by atoms with van der Waals surface area (Å²) in [7, 11) is 0. The maximum Gasteiger partial charge on any atom is 0.303 e. The number of carbonyl (C=O) groups excluding carboxylic acids is 1. The van der Waals surface area contributed by atoms with Gasteiger partial charge < -0.3 is 15.3 Å². The normalized spacial score (nSPS) is 24.9. The average Bonchev–Trinajstić information content (AvgIpc) is 2.82. The number of carboxylic acid groups (broad SMARTS) is 1. The van der Waals surface area contributed by atoms with Crippen LogP contribution >= 0.6 is 0 Å². The first-order valence-corrected chi connectivity index (χ1v) is 9.74. The van der Waals surface area contributed by atoms with Gasteiger partial charge in [-0.3, -0.25) is 9.59 Å². The Morgan fingerprint density at radius 3 is 2.60 bits per heavy atom. The van der Waals surface area contributed by atoms with Gasteiger partial charge in [-0.15, -0.1) is 0 Å². The number of carbonyl (C=O) groups is 2.